The van der Waals surface area contributed by atoms with Crippen molar-refractivity contribution in [3.63, 3.8) is 0 Å². The Labute approximate surface area is 86.3 Å². The number of alkyl halides is 1. The summed E-state index contributed by atoms with van der Waals surface area (Å²) in [6.45, 7) is 3.83. The Morgan fingerprint density at radius 2 is 2.25 bits per heavy atom. The van der Waals surface area contributed by atoms with Gasteiger partial charge in [-0.1, -0.05) is 6.55 Å². The molecule has 1 heterocycles. The van der Waals surface area contributed by atoms with Gasteiger partial charge >= 0.3 is 0 Å². The second-order valence-corrected chi connectivity index (χ2v) is 6.05. The van der Waals surface area contributed by atoms with Crippen molar-refractivity contribution in [2.75, 3.05) is 6.30 Å². The average Bonchev–Trinajstić information content (AvgIpc) is 2.08. The predicted molar refractivity (Wildman–Crippen MR) is 56.7 cm³/mol. The fraction of sp³-hybridized carbons (Fsp3) is 0.429. The van der Waals surface area contributed by atoms with E-state index >= 15 is 0 Å². The highest BCUT2D eigenvalue weighted by atomic mass is 127. The third kappa shape index (κ3) is 2.22. The molecule has 12 heavy (non-hydrogen) atoms. The molecule has 1 rings (SSSR count). The van der Waals surface area contributed by atoms with E-state index in [1.54, 1.807) is 0 Å². The van der Waals surface area contributed by atoms with Crippen molar-refractivity contribution in [1.29, 1.82) is 0 Å². The van der Waals surface area contributed by atoms with Crippen LogP contribution in [0, 0.1) is 10.6 Å². The van der Waals surface area contributed by atoms with E-state index < -0.39 is 8.80 Å². The minimum absolute atomic E-state index is 0.243. The van der Waals surface area contributed by atoms with Gasteiger partial charge in [0.2, 0.25) is 0 Å². The van der Waals surface area contributed by atoms with Gasteiger partial charge in [-0.25, -0.2) is 0 Å². The standard InChI is InChI=1S/C7H9FIN2Si/c1-5-6(12(2)4-8)3-7(9)11-10-5/h3H,4H2,1-2H3. The molecular weight excluding hydrogens is 286 g/mol. The van der Waals surface area contributed by atoms with Crippen molar-refractivity contribution < 1.29 is 4.39 Å². The number of hydrogen-bond acceptors (Lipinski definition) is 2. The lowest BCUT2D eigenvalue weighted by Gasteiger charge is -2.07. The molecule has 2 nitrogen and oxygen atoms in total. The van der Waals surface area contributed by atoms with Gasteiger partial charge in [-0.05, 0) is 40.8 Å². The highest BCUT2D eigenvalue weighted by molar-refractivity contribution is 14.1. The van der Waals surface area contributed by atoms with E-state index in [1.165, 1.54) is 0 Å². The molecule has 0 atom stereocenters. The van der Waals surface area contributed by atoms with Gasteiger partial charge in [-0.15, -0.1) is 5.10 Å². The van der Waals surface area contributed by atoms with E-state index in [9.17, 15) is 4.39 Å². The third-order valence-electron chi connectivity index (χ3n) is 1.61. The lowest BCUT2D eigenvalue weighted by Crippen LogP contribution is -2.32. The first-order valence-electron chi connectivity index (χ1n) is 3.53. The fourth-order valence-corrected chi connectivity index (χ4v) is 2.84. The average molecular weight is 295 g/mol. The SMILES string of the molecule is Cc1nnc(I)cc1[Si](C)CF. The predicted octanol–water partition coefficient (Wildman–Crippen LogP) is 1.23. The first kappa shape index (κ1) is 10.0. The number of rotatable bonds is 2. The van der Waals surface area contributed by atoms with Crippen LogP contribution < -0.4 is 5.19 Å². The number of nitrogens with zero attached hydrogens (tertiary/aromatic N) is 2. The summed E-state index contributed by atoms with van der Waals surface area (Å²) < 4.78 is 13.2. The Morgan fingerprint density at radius 3 is 2.83 bits per heavy atom. The molecule has 1 radical (unpaired) electrons. The Hall–Kier alpha value is -0.0431. The number of hydrogen-bond donors (Lipinski definition) is 0. The van der Waals surface area contributed by atoms with Gasteiger partial charge in [-0.3, -0.25) is 4.39 Å². The van der Waals surface area contributed by atoms with Crippen LogP contribution >= 0.6 is 22.6 Å². The molecule has 0 fully saturated rings. The largest absolute Gasteiger partial charge is 0.255 e. The second kappa shape index (κ2) is 4.27. The summed E-state index contributed by atoms with van der Waals surface area (Å²) in [7, 11) is -1.03. The Balaban J connectivity index is 3.04. The lowest BCUT2D eigenvalue weighted by atomic mass is 10.4. The van der Waals surface area contributed by atoms with Crippen LogP contribution in [0.5, 0.6) is 0 Å². The monoisotopic (exact) mass is 295 g/mol. The molecule has 0 N–H and O–H groups in total. The molecule has 0 saturated carbocycles. The molecule has 5 heteroatoms. The van der Waals surface area contributed by atoms with E-state index in [4.69, 9.17) is 0 Å². The first-order chi connectivity index (χ1) is 5.65. The molecule has 0 aliphatic carbocycles. The summed E-state index contributed by atoms with van der Waals surface area (Å²) in [6.07, 6.45) is -0.243. The highest BCUT2D eigenvalue weighted by Crippen LogP contribution is 1.99. The molecule has 0 aliphatic rings. The zero-order valence-corrected chi connectivity index (χ0v) is 10.1. The maximum Gasteiger partial charge on any atom is 0.123 e. The topological polar surface area (TPSA) is 25.8 Å². The first-order valence-corrected chi connectivity index (χ1v) is 6.82. The van der Waals surface area contributed by atoms with Crippen LogP contribution in [0.1, 0.15) is 5.69 Å². The lowest BCUT2D eigenvalue weighted by molar-refractivity contribution is 0.590. The smallest absolute Gasteiger partial charge is 0.123 e. The zero-order chi connectivity index (χ0) is 9.14. The summed E-state index contributed by atoms with van der Waals surface area (Å²) in [5.41, 5.74) is 0.865. The Bertz CT molecular complexity index is 282. The molecule has 0 unspecified atom stereocenters. The molecule has 0 spiro atoms. The van der Waals surface area contributed by atoms with Gasteiger partial charge in [0, 0.05) is 0 Å². The van der Waals surface area contributed by atoms with Gasteiger partial charge in [0.05, 0.1) is 12.0 Å². The molecule has 0 saturated heterocycles. The van der Waals surface area contributed by atoms with Crippen molar-refractivity contribution in [1.82, 2.24) is 10.2 Å². The van der Waals surface area contributed by atoms with Crippen molar-refractivity contribution in [3.8, 4) is 0 Å². The normalized spacial score (nSPS) is 10.8. The summed E-state index contributed by atoms with van der Waals surface area (Å²) >= 11 is 2.09. The fourth-order valence-electron chi connectivity index (χ4n) is 0.933. The van der Waals surface area contributed by atoms with Crippen LogP contribution in [-0.4, -0.2) is 25.3 Å². The van der Waals surface area contributed by atoms with Crippen LogP contribution in [0.25, 0.3) is 0 Å². The number of aromatic nitrogens is 2. The molecule has 0 aliphatic heterocycles. The van der Waals surface area contributed by atoms with Crippen LogP contribution in [0.4, 0.5) is 4.39 Å². The van der Waals surface area contributed by atoms with Gasteiger partial charge in [-0.2, -0.15) is 5.10 Å². The van der Waals surface area contributed by atoms with Crippen LogP contribution in [0.2, 0.25) is 6.55 Å². The highest BCUT2D eigenvalue weighted by Gasteiger charge is 2.11. The van der Waals surface area contributed by atoms with Gasteiger partial charge in [0.25, 0.3) is 0 Å². The number of aryl methyl sites for hydroxylation is 1. The maximum atomic E-state index is 12.4. The molecule has 0 bridgehead atoms. The van der Waals surface area contributed by atoms with Gasteiger partial charge < -0.3 is 0 Å². The zero-order valence-electron chi connectivity index (χ0n) is 6.93. The molecular formula is C7H9FIN2Si. The number of halogens is 2. The van der Waals surface area contributed by atoms with Crippen molar-refractivity contribution in [2.24, 2.45) is 0 Å². The maximum absolute atomic E-state index is 12.4. The molecule has 1 aromatic heterocycles. The van der Waals surface area contributed by atoms with Crippen LogP contribution in [0.3, 0.4) is 0 Å². The van der Waals surface area contributed by atoms with Crippen molar-refractivity contribution in [3.05, 3.63) is 15.5 Å². The Kier molecular flexibility index (Phi) is 3.57. The van der Waals surface area contributed by atoms with Crippen molar-refractivity contribution in [2.45, 2.75) is 13.5 Å². The van der Waals surface area contributed by atoms with Crippen LogP contribution in [-0.2, 0) is 0 Å². The summed E-state index contributed by atoms with van der Waals surface area (Å²) in [4.78, 5) is 0. The molecule has 65 valence electrons. The summed E-state index contributed by atoms with van der Waals surface area (Å²) in [5, 5.41) is 8.89. The van der Waals surface area contributed by atoms with Gasteiger partial charge in [0.15, 0.2) is 0 Å². The minimum atomic E-state index is -1.03. The molecule has 1 aromatic rings. The summed E-state index contributed by atoms with van der Waals surface area (Å²) in [6, 6.07) is 1.93. The Morgan fingerprint density at radius 1 is 1.58 bits per heavy atom. The van der Waals surface area contributed by atoms with Gasteiger partial charge in [0.1, 0.15) is 12.5 Å². The van der Waals surface area contributed by atoms with E-state index in [0.717, 1.165) is 14.6 Å². The quantitative estimate of drug-likeness (QED) is 0.606. The van der Waals surface area contributed by atoms with E-state index in [0.29, 0.717) is 0 Å². The third-order valence-corrected chi connectivity index (χ3v) is 3.96. The van der Waals surface area contributed by atoms with Crippen LogP contribution in [0.15, 0.2) is 6.07 Å². The second-order valence-electron chi connectivity index (χ2n) is 2.58. The van der Waals surface area contributed by atoms with E-state index in [2.05, 4.69) is 32.8 Å². The molecule has 0 amide bonds. The van der Waals surface area contributed by atoms with Crippen molar-refractivity contribution >= 4 is 36.6 Å². The molecule has 0 aromatic carbocycles. The summed E-state index contributed by atoms with van der Waals surface area (Å²) in [5.74, 6) is 0. The van der Waals surface area contributed by atoms with E-state index in [-0.39, 0.29) is 6.30 Å². The van der Waals surface area contributed by atoms with E-state index in [1.807, 2.05) is 19.5 Å². The minimum Gasteiger partial charge on any atom is -0.255 e.